The number of halogens is 1. The molecule has 5 rings (SSSR count). The summed E-state index contributed by atoms with van der Waals surface area (Å²) in [6, 6.07) is 10.5. The van der Waals surface area contributed by atoms with Crippen LogP contribution in [-0.2, 0) is 19.1 Å². The first-order chi connectivity index (χ1) is 18.9. The van der Waals surface area contributed by atoms with Gasteiger partial charge < -0.3 is 24.3 Å². The molecule has 1 N–H and O–H groups in total. The van der Waals surface area contributed by atoms with Crippen LogP contribution < -0.4 is 19.5 Å². The van der Waals surface area contributed by atoms with Gasteiger partial charge in [-0.1, -0.05) is 23.7 Å². The molecule has 1 heterocycles. The van der Waals surface area contributed by atoms with Gasteiger partial charge in [0.25, 0.3) is 5.91 Å². The second kappa shape index (κ2) is 11.5. The molecule has 0 radical (unpaired) electrons. The molecule has 3 aliphatic rings. The van der Waals surface area contributed by atoms with Gasteiger partial charge >= 0.3 is 0 Å². The Bertz CT molecular complexity index is 1350. The van der Waals surface area contributed by atoms with Gasteiger partial charge in [0.15, 0.2) is 29.7 Å². The van der Waals surface area contributed by atoms with E-state index in [0.29, 0.717) is 77.7 Å². The molecule has 0 saturated heterocycles. The van der Waals surface area contributed by atoms with Gasteiger partial charge in [0.2, 0.25) is 0 Å². The molecule has 0 aromatic heterocycles. The predicted octanol–water partition coefficient (Wildman–Crippen LogP) is 5.89. The lowest BCUT2D eigenvalue weighted by atomic mass is 9.73. The number of hydrogen-bond acceptors (Lipinski definition) is 7. The summed E-state index contributed by atoms with van der Waals surface area (Å²) in [4.78, 5) is 38.9. The van der Waals surface area contributed by atoms with Crippen LogP contribution in [0.5, 0.6) is 17.2 Å². The molecule has 0 bridgehead atoms. The Hall–Kier alpha value is -3.78. The number of para-hydroxylation sites is 2. The normalized spacial score (nSPS) is 17.3. The van der Waals surface area contributed by atoms with Crippen LogP contribution in [0.25, 0.3) is 0 Å². The summed E-state index contributed by atoms with van der Waals surface area (Å²) in [5.74, 6) is 1.32. The Kier molecular flexibility index (Phi) is 7.93. The quantitative estimate of drug-likeness (QED) is 0.436. The zero-order valence-corrected chi connectivity index (χ0v) is 22.7. The highest BCUT2D eigenvalue weighted by Crippen LogP contribution is 2.50. The van der Waals surface area contributed by atoms with Crippen LogP contribution in [0, 0.1) is 0 Å². The molecule has 8 nitrogen and oxygen atoms in total. The molecule has 1 amide bonds. The van der Waals surface area contributed by atoms with E-state index in [4.69, 9.17) is 30.5 Å². The smallest absolute Gasteiger partial charge is 0.262 e. The highest BCUT2D eigenvalue weighted by atomic mass is 35.5. The highest BCUT2D eigenvalue weighted by molar-refractivity contribution is 6.32. The summed E-state index contributed by atoms with van der Waals surface area (Å²) in [6.45, 7) is 1.82. The maximum atomic E-state index is 13.1. The standard InChI is InChI=1S/C30H30ClNO7/c1-3-37-25-15-17(14-18(31)30(25)38-16-26(35)32-19-8-4-5-11-22(19)36-2)27-28-20(33)9-6-12-23(28)39-24-13-7-10-21(34)29(24)27/h4-5,8,11,14-15,27H,3,6-7,9-10,12-13,16H2,1-2H3,(H,32,35). The molecule has 0 fully saturated rings. The van der Waals surface area contributed by atoms with Crippen LogP contribution in [0.3, 0.4) is 0 Å². The minimum Gasteiger partial charge on any atom is -0.495 e. The topological polar surface area (TPSA) is 100 Å². The fourth-order valence-corrected chi connectivity index (χ4v) is 5.65. The van der Waals surface area contributed by atoms with E-state index in [1.165, 1.54) is 7.11 Å². The van der Waals surface area contributed by atoms with Crippen molar-refractivity contribution in [3.63, 3.8) is 0 Å². The van der Waals surface area contributed by atoms with Crippen LogP contribution in [0.2, 0.25) is 5.02 Å². The van der Waals surface area contributed by atoms with E-state index in [0.717, 1.165) is 12.8 Å². The minimum absolute atomic E-state index is 0.0198. The first-order valence-corrected chi connectivity index (χ1v) is 13.5. The van der Waals surface area contributed by atoms with E-state index in [-0.39, 0.29) is 28.9 Å². The molecule has 2 aromatic carbocycles. The number of nitrogens with one attached hydrogen (secondary N) is 1. The lowest BCUT2D eigenvalue weighted by Gasteiger charge is -2.36. The summed E-state index contributed by atoms with van der Waals surface area (Å²) in [5, 5.41) is 2.98. The SMILES string of the molecule is CCOc1cc(C2C3=C(CCCC3=O)OC3=C2C(=O)CCC3)cc(Cl)c1OCC(=O)Nc1ccccc1OC. The monoisotopic (exact) mass is 551 g/mol. The number of amides is 1. The fraction of sp³-hybridized carbons (Fsp3) is 0.367. The number of methoxy groups -OCH3 is 1. The van der Waals surface area contributed by atoms with Gasteiger partial charge in [0.05, 0.1) is 24.4 Å². The molecule has 204 valence electrons. The van der Waals surface area contributed by atoms with Crippen LogP contribution >= 0.6 is 11.6 Å². The van der Waals surface area contributed by atoms with Gasteiger partial charge in [-0.05, 0) is 49.6 Å². The average Bonchev–Trinajstić information content (AvgIpc) is 2.92. The number of rotatable bonds is 8. The Morgan fingerprint density at radius 3 is 2.28 bits per heavy atom. The van der Waals surface area contributed by atoms with Crippen LogP contribution in [-0.4, -0.2) is 37.8 Å². The summed E-state index contributed by atoms with van der Waals surface area (Å²) in [7, 11) is 1.52. The van der Waals surface area contributed by atoms with Crippen LogP contribution in [0.15, 0.2) is 59.1 Å². The van der Waals surface area contributed by atoms with E-state index in [1.54, 1.807) is 36.4 Å². The molecular weight excluding hydrogens is 522 g/mol. The van der Waals surface area contributed by atoms with Crippen LogP contribution in [0.1, 0.15) is 56.9 Å². The van der Waals surface area contributed by atoms with Gasteiger partial charge in [-0.25, -0.2) is 0 Å². The molecule has 2 aliphatic carbocycles. The third-order valence-corrected chi connectivity index (χ3v) is 7.32. The first-order valence-electron chi connectivity index (χ1n) is 13.1. The summed E-state index contributed by atoms with van der Waals surface area (Å²) in [6.07, 6.45) is 3.55. The third kappa shape index (κ3) is 5.39. The molecule has 0 atom stereocenters. The summed E-state index contributed by atoms with van der Waals surface area (Å²) >= 11 is 6.71. The molecule has 0 saturated carbocycles. The first kappa shape index (κ1) is 26.8. The van der Waals surface area contributed by atoms with E-state index in [9.17, 15) is 14.4 Å². The lowest BCUT2D eigenvalue weighted by molar-refractivity contribution is -0.119. The number of hydrogen-bond donors (Lipinski definition) is 1. The lowest BCUT2D eigenvalue weighted by Crippen LogP contribution is -2.30. The zero-order valence-electron chi connectivity index (χ0n) is 21.9. The minimum atomic E-state index is -0.580. The van der Waals surface area contributed by atoms with E-state index < -0.39 is 11.8 Å². The Balaban J connectivity index is 1.47. The van der Waals surface area contributed by atoms with Gasteiger partial charge in [0.1, 0.15) is 17.3 Å². The Morgan fingerprint density at radius 2 is 1.64 bits per heavy atom. The number of anilines is 1. The van der Waals surface area contributed by atoms with Crippen molar-refractivity contribution in [2.45, 2.75) is 51.4 Å². The summed E-state index contributed by atoms with van der Waals surface area (Å²) in [5.41, 5.74) is 2.22. The van der Waals surface area contributed by atoms with Gasteiger partial charge in [-0.2, -0.15) is 0 Å². The van der Waals surface area contributed by atoms with E-state index >= 15 is 0 Å². The number of carbonyl (C=O) groups excluding carboxylic acids is 3. The fourth-order valence-electron chi connectivity index (χ4n) is 5.38. The van der Waals surface area contributed by atoms with Crippen LogP contribution in [0.4, 0.5) is 5.69 Å². The molecule has 0 spiro atoms. The number of benzene rings is 2. The molecule has 39 heavy (non-hydrogen) atoms. The van der Waals surface area contributed by atoms with Gasteiger partial charge in [-0.3, -0.25) is 14.4 Å². The van der Waals surface area contributed by atoms with Crippen molar-refractivity contribution in [3.05, 3.63) is 69.6 Å². The van der Waals surface area contributed by atoms with Crippen molar-refractivity contribution in [1.82, 2.24) is 0 Å². The molecule has 1 aliphatic heterocycles. The van der Waals surface area contributed by atoms with Crippen molar-refractivity contribution in [2.75, 3.05) is 25.6 Å². The van der Waals surface area contributed by atoms with Gasteiger partial charge in [0, 0.05) is 42.7 Å². The van der Waals surface area contributed by atoms with Crippen molar-refractivity contribution in [3.8, 4) is 17.2 Å². The predicted molar refractivity (Wildman–Crippen MR) is 145 cm³/mol. The Morgan fingerprint density at radius 1 is 0.974 bits per heavy atom. The van der Waals surface area contributed by atoms with Crippen molar-refractivity contribution >= 4 is 34.8 Å². The van der Waals surface area contributed by atoms with E-state index in [1.807, 2.05) is 6.92 Å². The van der Waals surface area contributed by atoms with Crippen molar-refractivity contribution < 1.29 is 33.3 Å². The maximum absolute atomic E-state index is 13.1. The van der Waals surface area contributed by atoms with Gasteiger partial charge in [-0.15, -0.1) is 0 Å². The molecule has 2 aromatic rings. The molecule has 9 heteroatoms. The number of Topliss-reactive ketones (excluding diaryl/α,β-unsaturated/α-hetero) is 2. The molecular formula is C30H30ClNO7. The van der Waals surface area contributed by atoms with E-state index in [2.05, 4.69) is 5.32 Å². The second-order valence-corrected chi connectivity index (χ2v) is 9.97. The summed E-state index contributed by atoms with van der Waals surface area (Å²) < 4.78 is 23.1. The van der Waals surface area contributed by atoms with Crippen molar-refractivity contribution in [1.29, 1.82) is 0 Å². The molecule has 0 unspecified atom stereocenters. The number of allylic oxidation sites excluding steroid dienone is 4. The largest absolute Gasteiger partial charge is 0.495 e. The second-order valence-electron chi connectivity index (χ2n) is 9.56. The number of carbonyl (C=O) groups is 3. The average molecular weight is 552 g/mol. The van der Waals surface area contributed by atoms with Crippen molar-refractivity contribution in [2.24, 2.45) is 0 Å². The Labute approximate surface area is 231 Å². The third-order valence-electron chi connectivity index (χ3n) is 7.03. The number of ether oxygens (including phenoxy) is 4. The highest BCUT2D eigenvalue weighted by Gasteiger charge is 2.42. The number of ketones is 2. The zero-order chi connectivity index (χ0) is 27.5. The maximum Gasteiger partial charge on any atom is 0.262 e.